The molecule has 26 heavy (non-hydrogen) atoms. The highest BCUT2D eigenvalue weighted by Crippen LogP contribution is 2.36. The number of carbonyl (C=O) groups excluding carboxylic acids is 2. The number of hydrogen-bond donors (Lipinski definition) is 1. The number of aromatic nitrogens is 3. The molecule has 0 bridgehead atoms. The van der Waals surface area contributed by atoms with Crippen molar-refractivity contribution in [3.63, 3.8) is 0 Å². The van der Waals surface area contributed by atoms with Crippen LogP contribution in [0.15, 0.2) is 40.5 Å². The highest BCUT2D eigenvalue weighted by Gasteiger charge is 2.41. The van der Waals surface area contributed by atoms with Crippen molar-refractivity contribution in [2.24, 2.45) is 5.41 Å². The molecule has 3 heterocycles. The average Bonchev–Trinajstić information content (AvgIpc) is 3.13. The van der Waals surface area contributed by atoms with Crippen molar-refractivity contribution in [3.8, 4) is 0 Å². The molecule has 1 aromatic carbocycles. The highest BCUT2D eigenvalue weighted by atomic mass is 32.2. The summed E-state index contributed by atoms with van der Waals surface area (Å²) in [6.07, 6.45) is 0. The summed E-state index contributed by atoms with van der Waals surface area (Å²) in [6, 6.07) is 6.33. The molecule has 4 rings (SSSR count). The Morgan fingerprint density at radius 1 is 1.08 bits per heavy atom. The topological polar surface area (TPSA) is 80.1 Å². The van der Waals surface area contributed by atoms with Crippen LogP contribution in [0, 0.1) is 5.41 Å². The fourth-order valence-corrected chi connectivity index (χ4v) is 3.97. The second-order valence-electron chi connectivity index (χ2n) is 7.39. The van der Waals surface area contributed by atoms with E-state index < -0.39 is 6.04 Å². The van der Waals surface area contributed by atoms with Gasteiger partial charge in [-0.25, -0.2) is 4.68 Å². The van der Waals surface area contributed by atoms with Crippen LogP contribution in [0.25, 0.3) is 0 Å². The Labute approximate surface area is 155 Å². The average molecular weight is 369 g/mol. The Morgan fingerprint density at radius 3 is 2.27 bits per heavy atom. The SMILES string of the molecule is CC(c1nnc2n1NC(C(C)(C)C)=CS2)N1C(=O)c2ccccc2C1=O. The van der Waals surface area contributed by atoms with Crippen molar-refractivity contribution in [2.75, 3.05) is 5.43 Å². The lowest BCUT2D eigenvalue weighted by molar-refractivity contribution is 0.0586. The molecular weight excluding hydrogens is 350 g/mol. The summed E-state index contributed by atoms with van der Waals surface area (Å²) in [6.45, 7) is 8.11. The lowest BCUT2D eigenvalue weighted by atomic mass is 9.93. The first-order chi connectivity index (χ1) is 12.3. The number of imide groups is 1. The third kappa shape index (κ3) is 2.44. The van der Waals surface area contributed by atoms with Gasteiger partial charge in [-0.2, -0.15) is 0 Å². The molecule has 8 heteroatoms. The summed E-state index contributed by atoms with van der Waals surface area (Å²) in [5, 5.41) is 11.1. The van der Waals surface area contributed by atoms with E-state index in [0.717, 1.165) is 5.70 Å². The van der Waals surface area contributed by atoms with E-state index in [4.69, 9.17) is 0 Å². The van der Waals surface area contributed by atoms with Gasteiger partial charge in [0.15, 0.2) is 5.82 Å². The number of nitrogens with zero attached hydrogens (tertiary/aromatic N) is 4. The van der Waals surface area contributed by atoms with Crippen molar-refractivity contribution in [1.82, 2.24) is 19.8 Å². The summed E-state index contributed by atoms with van der Waals surface area (Å²) in [4.78, 5) is 26.7. The molecular formula is C18H19N5O2S. The van der Waals surface area contributed by atoms with E-state index in [2.05, 4.69) is 36.4 Å². The first-order valence-electron chi connectivity index (χ1n) is 8.35. The van der Waals surface area contributed by atoms with Gasteiger partial charge in [0.05, 0.1) is 17.2 Å². The summed E-state index contributed by atoms with van der Waals surface area (Å²) >= 11 is 1.47. The highest BCUT2D eigenvalue weighted by molar-refractivity contribution is 8.02. The van der Waals surface area contributed by atoms with Crippen LogP contribution in [0.5, 0.6) is 0 Å². The second kappa shape index (κ2) is 5.70. The third-order valence-corrected chi connectivity index (χ3v) is 5.40. The van der Waals surface area contributed by atoms with Gasteiger partial charge in [0.2, 0.25) is 5.16 Å². The maximum Gasteiger partial charge on any atom is 0.262 e. The number of hydrogen-bond acceptors (Lipinski definition) is 6. The standard InChI is InChI=1S/C18H19N5O2S/c1-10(22-15(24)11-7-5-6-8-12(11)16(22)25)14-19-20-17-23(14)21-13(9-26-17)18(2,3)4/h5-10,21H,1-4H3. The molecule has 1 aromatic heterocycles. The fourth-order valence-electron chi connectivity index (χ4n) is 3.01. The normalized spacial score (nSPS) is 17.5. The predicted octanol–water partition coefficient (Wildman–Crippen LogP) is 3.17. The molecule has 1 atom stereocenters. The third-order valence-electron chi connectivity index (χ3n) is 4.57. The van der Waals surface area contributed by atoms with E-state index in [1.54, 1.807) is 35.9 Å². The number of rotatable bonds is 2. The van der Waals surface area contributed by atoms with Crippen LogP contribution in [0.3, 0.4) is 0 Å². The fraction of sp³-hybridized carbons (Fsp3) is 0.333. The van der Waals surface area contributed by atoms with Gasteiger partial charge in [-0.05, 0) is 19.1 Å². The van der Waals surface area contributed by atoms with Crippen LogP contribution in [-0.4, -0.2) is 31.6 Å². The lowest BCUT2D eigenvalue weighted by Crippen LogP contribution is -2.36. The predicted molar refractivity (Wildman–Crippen MR) is 98.1 cm³/mol. The maximum absolute atomic E-state index is 12.7. The molecule has 2 amide bonds. The van der Waals surface area contributed by atoms with Crippen molar-refractivity contribution in [2.45, 2.75) is 38.9 Å². The van der Waals surface area contributed by atoms with E-state index in [0.29, 0.717) is 22.1 Å². The van der Waals surface area contributed by atoms with Gasteiger partial charge in [0.1, 0.15) is 0 Å². The molecule has 0 radical (unpaired) electrons. The van der Waals surface area contributed by atoms with Gasteiger partial charge in [0, 0.05) is 16.5 Å². The molecule has 0 spiro atoms. The molecule has 2 aromatic rings. The largest absolute Gasteiger partial charge is 0.294 e. The monoisotopic (exact) mass is 369 g/mol. The van der Waals surface area contributed by atoms with Crippen LogP contribution in [0.1, 0.15) is 60.3 Å². The van der Waals surface area contributed by atoms with Crippen LogP contribution in [0.2, 0.25) is 0 Å². The minimum atomic E-state index is -0.545. The molecule has 0 aliphatic carbocycles. The molecule has 0 fully saturated rings. The van der Waals surface area contributed by atoms with Crippen molar-refractivity contribution in [1.29, 1.82) is 0 Å². The Morgan fingerprint density at radius 2 is 1.69 bits per heavy atom. The van der Waals surface area contributed by atoms with E-state index in [1.165, 1.54) is 16.7 Å². The Kier molecular flexibility index (Phi) is 3.69. The Hall–Kier alpha value is -2.61. The molecule has 1 N–H and O–H groups in total. The number of thioether (sulfide) groups is 1. The maximum atomic E-state index is 12.7. The van der Waals surface area contributed by atoms with Gasteiger partial charge in [-0.3, -0.25) is 19.9 Å². The number of carbonyl (C=O) groups is 2. The molecule has 134 valence electrons. The first-order valence-corrected chi connectivity index (χ1v) is 9.23. The van der Waals surface area contributed by atoms with Crippen LogP contribution in [0.4, 0.5) is 0 Å². The molecule has 0 saturated carbocycles. The minimum absolute atomic E-state index is 0.0784. The van der Waals surface area contributed by atoms with Gasteiger partial charge in [0.25, 0.3) is 11.8 Å². The molecule has 2 aliphatic heterocycles. The van der Waals surface area contributed by atoms with E-state index >= 15 is 0 Å². The van der Waals surface area contributed by atoms with Crippen LogP contribution >= 0.6 is 11.8 Å². The van der Waals surface area contributed by atoms with Crippen molar-refractivity contribution < 1.29 is 9.59 Å². The number of nitrogens with one attached hydrogen (secondary N) is 1. The zero-order valence-electron chi connectivity index (χ0n) is 15.0. The summed E-state index contributed by atoms with van der Waals surface area (Å²) in [5.41, 5.74) is 5.13. The van der Waals surface area contributed by atoms with Gasteiger partial charge in [-0.1, -0.05) is 44.7 Å². The zero-order valence-corrected chi connectivity index (χ0v) is 15.8. The zero-order chi connectivity index (χ0) is 18.6. The van der Waals surface area contributed by atoms with E-state index in [9.17, 15) is 9.59 Å². The van der Waals surface area contributed by atoms with E-state index in [1.807, 2.05) is 5.41 Å². The van der Waals surface area contributed by atoms with Gasteiger partial charge < -0.3 is 0 Å². The molecule has 0 saturated heterocycles. The number of fused-ring (bicyclic) bond motifs is 2. The van der Waals surface area contributed by atoms with Crippen LogP contribution in [-0.2, 0) is 0 Å². The number of allylic oxidation sites excluding steroid dienone is 1. The van der Waals surface area contributed by atoms with Crippen molar-refractivity contribution in [3.05, 3.63) is 52.3 Å². The quantitative estimate of drug-likeness (QED) is 0.819. The number of benzene rings is 1. The molecule has 1 unspecified atom stereocenters. The molecule has 2 aliphatic rings. The van der Waals surface area contributed by atoms with E-state index in [-0.39, 0.29) is 17.2 Å². The summed E-state index contributed by atoms with van der Waals surface area (Å²) < 4.78 is 1.76. The Balaban J connectivity index is 1.68. The summed E-state index contributed by atoms with van der Waals surface area (Å²) in [7, 11) is 0. The number of amides is 2. The smallest absolute Gasteiger partial charge is 0.262 e. The Bertz CT molecular complexity index is 922. The van der Waals surface area contributed by atoms with Gasteiger partial charge in [-0.15, -0.1) is 10.2 Å². The molecule has 7 nitrogen and oxygen atoms in total. The van der Waals surface area contributed by atoms with Gasteiger partial charge >= 0.3 is 0 Å². The summed E-state index contributed by atoms with van der Waals surface area (Å²) in [5.74, 6) is -0.0761. The van der Waals surface area contributed by atoms with Crippen LogP contribution < -0.4 is 5.43 Å². The second-order valence-corrected chi connectivity index (χ2v) is 8.23. The minimum Gasteiger partial charge on any atom is -0.294 e. The lowest BCUT2D eigenvalue weighted by Gasteiger charge is -2.30. The van der Waals surface area contributed by atoms with Crippen molar-refractivity contribution >= 4 is 23.6 Å². The first kappa shape index (κ1) is 16.8.